The molecule has 0 radical (unpaired) electrons. The Balaban J connectivity index is 1.11. The molecule has 0 N–H and O–H groups in total. The number of aromatic nitrogens is 1. The summed E-state index contributed by atoms with van der Waals surface area (Å²) in [4.78, 5) is 7.31. The molecule has 8 aromatic carbocycles. The van der Waals surface area contributed by atoms with Crippen molar-refractivity contribution >= 4 is 39.1 Å². The van der Waals surface area contributed by atoms with Gasteiger partial charge in [0.15, 0.2) is 5.58 Å². The SMILES string of the molecule is c1ccc(-c2ccc(N(c3cc(-c4ccccc4)cc(-c4ccccc4)c3)c3ccc4c5c(oc4c3)C(c3nc4ccccc4o3)Cc3ccccc3-5)cc2)cc1. The zero-order valence-electron chi connectivity index (χ0n) is 31.0. The summed E-state index contributed by atoms with van der Waals surface area (Å²) in [5, 5.41) is 1.07. The van der Waals surface area contributed by atoms with Crippen LogP contribution in [0.4, 0.5) is 17.1 Å². The maximum Gasteiger partial charge on any atom is 0.206 e. The molecule has 0 spiro atoms. The average Bonchev–Trinajstić information content (AvgIpc) is 3.90. The van der Waals surface area contributed by atoms with Gasteiger partial charge < -0.3 is 13.7 Å². The second-order valence-electron chi connectivity index (χ2n) is 14.7. The number of anilines is 3. The normalized spacial score (nSPS) is 13.4. The summed E-state index contributed by atoms with van der Waals surface area (Å²) in [6.45, 7) is 0. The lowest BCUT2D eigenvalue weighted by Crippen LogP contribution is -2.11. The van der Waals surface area contributed by atoms with Crippen molar-refractivity contribution < 1.29 is 8.83 Å². The predicted octanol–water partition coefficient (Wildman–Crippen LogP) is 14.4. The standard InChI is InChI=1S/C53H36N2O2/c1-4-14-35(15-5-1)38-24-26-42(27-25-38)55(44-31-40(36-16-6-2-7-17-36)30-41(32-44)37-18-8-3-9-19-37)43-28-29-46-50(34-43)56-52-47(33-39-20-10-11-21-45(39)51(46)52)53-54-48-22-12-13-23-49(48)57-53/h1-32,34,47H,33H2. The number of nitrogens with zero attached hydrogens (tertiary/aromatic N) is 2. The van der Waals surface area contributed by atoms with Crippen molar-refractivity contribution in [3.63, 3.8) is 0 Å². The second-order valence-corrected chi connectivity index (χ2v) is 14.7. The summed E-state index contributed by atoms with van der Waals surface area (Å²) in [5.41, 5.74) is 16.1. The van der Waals surface area contributed by atoms with Gasteiger partial charge in [0, 0.05) is 34.1 Å². The zero-order valence-corrected chi connectivity index (χ0v) is 31.0. The van der Waals surface area contributed by atoms with Crippen molar-refractivity contribution in [2.24, 2.45) is 0 Å². The first-order chi connectivity index (χ1) is 28.2. The minimum atomic E-state index is -0.157. The van der Waals surface area contributed by atoms with Gasteiger partial charge in [-0.3, -0.25) is 0 Å². The van der Waals surface area contributed by atoms with Crippen molar-refractivity contribution in [3.05, 3.63) is 217 Å². The Morgan fingerprint density at radius 2 is 1.02 bits per heavy atom. The number of rotatable bonds is 7. The van der Waals surface area contributed by atoms with E-state index in [4.69, 9.17) is 13.8 Å². The molecule has 2 heterocycles. The number of fused-ring (bicyclic) bond motifs is 6. The molecule has 57 heavy (non-hydrogen) atoms. The number of furan rings is 1. The summed E-state index contributed by atoms with van der Waals surface area (Å²) < 4.78 is 13.4. The Hall–Kier alpha value is -7.43. The van der Waals surface area contributed by atoms with Crippen molar-refractivity contribution in [3.8, 4) is 44.5 Å². The van der Waals surface area contributed by atoms with Gasteiger partial charge in [-0.2, -0.15) is 0 Å². The lowest BCUT2D eigenvalue weighted by molar-refractivity contribution is 0.440. The maximum absolute atomic E-state index is 7.01. The molecule has 4 heteroatoms. The predicted molar refractivity (Wildman–Crippen MR) is 232 cm³/mol. The van der Waals surface area contributed by atoms with Crippen LogP contribution in [-0.2, 0) is 6.42 Å². The Morgan fingerprint density at radius 3 is 1.70 bits per heavy atom. The lowest BCUT2D eigenvalue weighted by atomic mass is 9.82. The van der Waals surface area contributed by atoms with E-state index >= 15 is 0 Å². The molecule has 2 aromatic heterocycles. The third kappa shape index (κ3) is 5.90. The Kier molecular flexibility index (Phi) is 7.92. The van der Waals surface area contributed by atoms with Gasteiger partial charge in [-0.1, -0.05) is 140 Å². The topological polar surface area (TPSA) is 42.4 Å². The Labute approximate surface area is 330 Å². The molecule has 1 aliphatic carbocycles. The first kappa shape index (κ1) is 33.0. The van der Waals surface area contributed by atoms with Crippen LogP contribution in [0, 0.1) is 0 Å². The second kappa shape index (κ2) is 13.7. The fourth-order valence-corrected chi connectivity index (χ4v) is 8.48. The van der Waals surface area contributed by atoms with Gasteiger partial charge in [0.1, 0.15) is 16.9 Å². The van der Waals surface area contributed by atoms with E-state index in [9.17, 15) is 0 Å². The molecule has 1 aliphatic rings. The van der Waals surface area contributed by atoms with E-state index in [0.29, 0.717) is 5.89 Å². The largest absolute Gasteiger partial charge is 0.459 e. The molecule has 0 aliphatic heterocycles. The van der Waals surface area contributed by atoms with Gasteiger partial charge in [0.05, 0.1) is 5.92 Å². The van der Waals surface area contributed by atoms with Crippen LogP contribution in [0.2, 0.25) is 0 Å². The first-order valence-electron chi connectivity index (χ1n) is 19.5. The van der Waals surface area contributed by atoms with E-state index < -0.39 is 0 Å². The molecule has 0 fully saturated rings. The van der Waals surface area contributed by atoms with E-state index in [0.717, 1.165) is 79.1 Å². The van der Waals surface area contributed by atoms with Crippen LogP contribution in [0.3, 0.4) is 0 Å². The van der Waals surface area contributed by atoms with Crippen molar-refractivity contribution in [1.29, 1.82) is 0 Å². The maximum atomic E-state index is 7.01. The minimum Gasteiger partial charge on any atom is -0.459 e. The van der Waals surface area contributed by atoms with Crippen molar-refractivity contribution in [2.45, 2.75) is 12.3 Å². The van der Waals surface area contributed by atoms with Gasteiger partial charge in [-0.25, -0.2) is 4.98 Å². The lowest BCUT2D eigenvalue weighted by Gasteiger charge is -2.27. The third-order valence-electron chi connectivity index (χ3n) is 11.2. The molecule has 10 aromatic rings. The first-order valence-corrected chi connectivity index (χ1v) is 19.5. The fraction of sp³-hybridized carbons (Fsp3) is 0.0377. The molecule has 1 atom stereocenters. The van der Waals surface area contributed by atoms with Crippen LogP contribution in [0.25, 0.3) is 66.6 Å². The van der Waals surface area contributed by atoms with Gasteiger partial charge in [0.2, 0.25) is 5.89 Å². The highest BCUT2D eigenvalue weighted by Gasteiger charge is 2.34. The molecule has 0 saturated heterocycles. The van der Waals surface area contributed by atoms with E-state index in [2.05, 4.69) is 181 Å². The molecular formula is C53H36N2O2. The Bertz CT molecular complexity index is 2950. The average molecular weight is 733 g/mol. The quantitative estimate of drug-likeness (QED) is 0.164. The van der Waals surface area contributed by atoms with E-state index in [-0.39, 0.29) is 5.92 Å². The monoisotopic (exact) mass is 732 g/mol. The highest BCUT2D eigenvalue weighted by molar-refractivity contribution is 6.00. The number of benzene rings is 8. The third-order valence-corrected chi connectivity index (χ3v) is 11.2. The van der Waals surface area contributed by atoms with Crippen LogP contribution in [0.1, 0.15) is 23.1 Å². The van der Waals surface area contributed by atoms with E-state index in [1.165, 1.54) is 22.3 Å². The molecule has 11 rings (SSSR count). The van der Waals surface area contributed by atoms with Gasteiger partial charge in [-0.15, -0.1) is 0 Å². The van der Waals surface area contributed by atoms with Gasteiger partial charge in [0.25, 0.3) is 0 Å². The summed E-state index contributed by atoms with van der Waals surface area (Å²) >= 11 is 0. The van der Waals surface area contributed by atoms with E-state index in [1.54, 1.807) is 0 Å². The summed E-state index contributed by atoms with van der Waals surface area (Å²) in [5.74, 6) is 1.41. The summed E-state index contributed by atoms with van der Waals surface area (Å²) in [7, 11) is 0. The van der Waals surface area contributed by atoms with Crippen molar-refractivity contribution in [2.75, 3.05) is 4.90 Å². The zero-order chi connectivity index (χ0) is 37.7. The van der Waals surface area contributed by atoms with Crippen molar-refractivity contribution in [1.82, 2.24) is 4.98 Å². The molecule has 1 unspecified atom stereocenters. The number of para-hydroxylation sites is 2. The van der Waals surface area contributed by atoms with Crippen LogP contribution >= 0.6 is 0 Å². The van der Waals surface area contributed by atoms with Crippen LogP contribution < -0.4 is 4.90 Å². The number of hydrogen-bond donors (Lipinski definition) is 0. The summed E-state index contributed by atoms with van der Waals surface area (Å²) in [6, 6.07) is 70.8. The fourth-order valence-electron chi connectivity index (χ4n) is 8.48. The van der Waals surface area contributed by atoms with Gasteiger partial charge >= 0.3 is 0 Å². The Morgan fingerprint density at radius 1 is 0.439 bits per heavy atom. The molecular weight excluding hydrogens is 697 g/mol. The van der Waals surface area contributed by atoms with Crippen LogP contribution in [-0.4, -0.2) is 4.98 Å². The molecule has 4 nitrogen and oxygen atoms in total. The summed E-state index contributed by atoms with van der Waals surface area (Å²) in [6.07, 6.45) is 0.747. The highest BCUT2D eigenvalue weighted by Crippen LogP contribution is 2.49. The minimum absolute atomic E-state index is 0.157. The number of oxazole rings is 1. The number of hydrogen-bond acceptors (Lipinski definition) is 4. The highest BCUT2D eigenvalue weighted by atomic mass is 16.4. The smallest absolute Gasteiger partial charge is 0.206 e. The van der Waals surface area contributed by atoms with Crippen LogP contribution in [0.5, 0.6) is 0 Å². The van der Waals surface area contributed by atoms with Crippen LogP contribution in [0.15, 0.2) is 209 Å². The molecule has 0 bridgehead atoms. The van der Waals surface area contributed by atoms with Gasteiger partial charge in [-0.05, 0) is 106 Å². The van der Waals surface area contributed by atoms with E-state index in [1.807, 2.05) is 24.3 Å². The molecule has 0 amide bonds. The molecule has 0 saturated carbocycles. The molecule has 270 valence electrons.